The maximum atomic E-state index is 12.8. The monoisotopic (exact) mass is 426 g/mol. The van der Waals surface area contributed by atoms with Gasteiger partial charge in [-0.05, 0) is 62.6 Å². The van der Waals surface area contributed by atoms with E-state index in [1.54, 1.807) is 19.2 Å². The molecule has 4 rings (SSSR count). The molecule has 0 unspecified atom stereocenters. The molecule has 1 aliphatic heterocycles. The normalized spacial score (nSPS) is 14.9. The molecule has 3 aromatic rings. The minimum absolute atomic E-state index is 0.0943. The molecule has 1 amide bonds. The highest BCUT2D eigenvalue weighted by atomic mass is 32.2. The predicted molar refractivity (Wildman–Crippen MR) is 113 cm³/mol. The summed E-state index contributed by atoms with van der Waals surface area (Å²) >= 11 is 0. The Morgan fingerprint density at radius 1 is 1.03 bits per heavy atom. The summed E-state index contributed by atoms with van der Waals surface area (Å²) in [6.45, 7) is 4.55. The van der Waals surface area contributed by atoms with Gasteiger partial charge in [0.1, 0.15) is 11.3 Å². The number of anilines is 1. The number of fused-ring (bicyclic) bond motifs is 1. The first-order chi connectivity index (χ1) is 14.3. The summed E-state index contributed by atoms with van der Waals surface area (Å²) < 4.78 is 28.1. The number of rotatable bonds is 4. The van der Waals surface area contributed by atoms with Crippen molar-refractivity contribution in [3.63, 3.8) is 0 Å². The molecule has 30 heavy (non-hydrogen) atoms. The topological polar surface area (TPSA) is 101 Å². The van der Waals surface area contributed by atoms with Crippen molar-refractivity contribution in [3.8, 4) is 0 Å². The van der Waals surface area contributed by atoms with Crippen molar-refractivity contribution in [3.05, 3.63) is 69.8 Å². The Bertz CT molecular complexity index is 1290. The quantitative estimate of drug-likeness (QED) is 0.690. The van der Waals surface area contributed by atoms with Crippen LogP contribution in [0.15, 0.2) is 52.3 Å². The van der Waals surface area contributed by atoms with Crippen LogP contribution >= 0.6 is 0 Å². The first kappa shape index (κ1) is 20.2. The second-order valence-corrected chi connectivity index (χ2v) is 9.34. The average Bonchev–Trinajstić information content (AvgIpc) is 3.27. The van der Waals surface area contributed by atoms with Crippen LogP contribution in [0.25, 0.3) is 5.65 Å². The number of sulfonamides is 1. The Kier molecular flexibility index (Phi) is 5.17. The molecule has 1 fully saturated rings. The number of nitrogens with one attached hydrogen (secondary N) is 1. The minimum Gasteiger partial charge on any atom is -0.316 e. The molecule has 8 nitrogen and oxygen atoms in total. The highest BCUT2D eigenvalue weighted by Crippen LogP contribution is 2.21. The van der Waals surface area contributed by atoms with Crippen molar-refractivity contribution < 1.29 is 13.2 Å². The third-order valence-electron chi connectivity index (χ3n) is 5.21. The molecule has 0 aliphatic carbocycles. The number of benzene rings is 1. The molecule has 2 aromatic heterocycles. The second-order valence-electron chi connectivity index (χ2n) is 7.40. The van der Waals surface area contributed by atoms with Gasteiger partial charge in [-0.2, -0.15) is 4.31 Å². The van der Waals surface area contributed by atoms with Crippen molar-refractivity contribution in [2.24, 2.45) is 0 Å². The SMILES string of the molecule is Cc1ccc2nc(C)c(NC(=O)c3ccc(S(=O)(=O)N4CCCC4)cc3)c(=O)n2c1. The van der Waals surface area contributed by atoms with Crippen LogP contribution < -0.4 is 10.9 Å². The van der Waals surface area contributed by atoms with E-state index >= 15 is 0 Å². The van der Waals surface area contributed by atoms with Gasteiger partial charge in [0.15, 0.2) is 0 Å². The molecular formula is C21H22N4O4S. The van der Waals surface area contributed by atoms with Gasteiger partial charge in [-0.25, -0.2) is 13.4 Å². The van der Waals surface area contributed by atoms with E-state index in [0.29, 0.717) is 24.4 Å². The Morgan fingerprint density at radius 2 is 1.70 bits per heavy atom. The highest BCUT2D eigenvalue weighted by molar-refractivity contribution is 7.89. The Labute approximate surface area is 174 Å². The lowest BCUT2D eigenvalue weighted by molar-refractivity contribution is 0.102. The molecule has 3 heterocycles. The number of carbonyl (C=O) groups excluding carboxylic acids is 1. The first-order valence-corrected chi connectivity index (χ1v) is 11.1. The number of pyridine rings is 1. The fraction of sp³-hybridized carbons (Fsp3) is 0.286. The summed E-state index contributed by atoms with van der Waals surface area (Å²) in [5, 5.41) is 2.63. The Balaban J connectivity index is 1.61. The third kappa shape index (κ3) is 3.61. The van der Waals surface area contributed by atoms with Gasteiger partial charge in [-0.15, -0.1) is 0 Å². The second kappa shape index (κ2) is 7.66. The fourth-order valence-electron chi connectivity index (χ4n) is 3.54. The molecule has 0 radical (unpaired) electrons. The van der Waals surface area contributed by atoms with Crippen LogP contribution in [-0.4, -0.2) is 41.1 Å². The molecule has 0 saturated carbocycles. The van der Waals surface area contributed by atoms with Gasteiger partial charge in [-0.3, -0.25) is 14.0 Å². The lowest BCUT2D eigenvalue weighted by Gasteiger charge is -2.15. The van der Waals surface area contributed by atoms with E-state index in [0.717, 1.165) is 18.4 Å². The third-order valence-corrected chi connectivity index (χ3v) is 7.12. The summed E-state index contributed by atoms with van der Waals surface area (Å²) in [6, 6.07) is 9.34. The van der Waals surface area contributed by atoms with E-state index in [-0.39, 0.29) is 21.7 Å². The van der Waals surface area contributed by atoms with Gasteiger partial charge in [0.25, 0.3) is 11.5 Å². The van der Waals surface area contributed by atoms with Gasteiger partial charge in [0.2, 0.25) is 10.0 Å². The minimum atomic E-state index is -3.54. The zero-order chi connectivity index (χ0) is 21.5. The molecule has 1 aromatic carbocycles. The van der Waals surface area contributed by atoms with E-state index in [1.165, 1.54) is 33.0 Å². The van der Waals surface area contributed by atoms with E-state index in [4.69, 9.17) is 0 Å². The molecule has 9 heteroatoms. The van der Waals surface area contributed by atoms with Gasteiger partial charge < -0.3 is 5.32 Å². The molecular weight excluding hydrogens is 404 g/mol. The Hall–Kier alpha value is -3.04. The summed E-state index contributed by atoms with van der Waals surface area (Å²) in [5.74, 6) is -0.505. The lowest BCUT2D eigenvalue weighted by atomic mass is 10.2. The molecule has 1 aliphatic rings. The number of nitrogens with zero attached hydrogens (tertiary/aromatic N) is 3. The number of hydrogen-bond acceptors (Lipinski definition) is 5. The van der Waals surface area contributed by atoms with Crippen molar-refractivity contribution >= 4 is 27.3 Å². The standard InChI is InChI=1S/C21H22N4O4S/c1-14-5-10-18-22-15(2)19(21(27)25(18)13-14)23-20(26)16-6-8-17(9-7-16)30(28,29)24-11-3-4-12-24/h5-10,13H,3-4,11-12H2,1-2H3,(H,23,26). The molecule has 156 valence electrons. The fourth-order valence-corrected chi connectivity index (χ4v) is 5.06. The number of amides is 1. The van der Waals surface area contributed by atoms with Gasteiger partial charge in [0, 0.05) is 24.8 Å². The van der Waals surface area contributed by atoms with Crippen LogP contribution in [0.5, 0.6) is 0 Å². The van der Waals surface area contributed by atoms with Crippen molar-refractivity contribution in [1.82, 2.24) is 13.7 Å². The zero-order valence-electron chi connectivity index (χ0n) is 16.8. The average molecular weight is 426 g/mol. The van der Waals surface area contributed by atoms with E-state index in [9.17, 15) is 18.0 Å². The summed E-state index contributed by atoms with van der Waals surface area (Å²) in [5.41, 5.74) is 1.77. The lowest BCUT2D eigenvalue weighted by Crippen LogP contribution is -2.28. The number of carbonyl (C=O) groups is 1. The molecule has 0 bridgehead atoms. The zero-order valence-corrected chi connectivity index (χ0v) is 17.6. The van der Waals surface area contributed by atoms with Crippen LogP contribution in [0, 0.1) is 13.8 Å². The molecule has 0 spiro atoms. The molecule has 1 saturated heterocycles. The molecule has 0 atom stereocenters. The van der Waals surface area contributed by atoms with Crippen LogP contribution in [0.2, 0.25) is 0 Å². The largest absolute Gasteiger partial charge is 0.316 e. The van der Waals surface area contributed by atoms with Crippen LogP contribution in [0.1, 0.15) is 34.5 Å². The van der Waals surface area contributed by atoms with E-state index in [1.807, 2.05) is 13.0 Å². The van der Waals surface area contributed by atoms with Crippen LogP contribution in [-0.2, 0) is 10.0 Å². The number of aryl methyl sites for hydroxylation is 2. The first-order valence-electron chi connectivity index (χ1n) is 9.68. The summed E-state index contributed by atoms with van der Waals surface area (Å²) in [7, 11) is -3.54. The smallest absolute Gasteiger partial charge is 0.281 e. The van der Waals surface area contributed by atoms with Crippen LogP contribution in [0.4, 0.5) is 5.69 Å². The summed E-state index contributed by atoms with van der Waals surface area (Å²) in [6.07, 6.45) is 3.37. The van der Waals surface area contributed by atoms with Gasteiger partial charge >= 0.3 is 0 Å². The van der Waals surface area contributed by atoms with Crippen LogP contribution in [0.3, 0.4) is 0 Å². The van der Waals surface area contributed by atoms with E-state index in [2.05, 4.69) is 10.3 Å². The number of aromatic nitrogens is 2. The van der Waals surface area contributed by atoms with Crippen molar-refractivity contribution in [2.45, 2.75) is 31.6 Å². The van der Waals surface area contributed by atoms with E-state index < -0.39 is 15.9 Å². The summed E-state index contributed by atoms with van der Waals surface area (Å²) in [4.78, 5) is 30.0. The van der Waals surface area contributed by atoms with Crippen molar-refractivity contribution in [2.75, 3.05) is 18.4 Å². The molecule has 1 N–H and O–H groups in total. The van der Waals surface area contributed by atoms with Crippen molar-refractivity contribution in [1.29, 1.82) is 0 Å². The van der Waals surface area contributed by atoms with Gasteiger partial charge in [0.05, 0.1) is 10.6 Å². The maximum absolute atomic E-state index is 12.8. The Morgan fingerprint density at radius 3 is 2.37 bits per heavy atom. The number of hydrogen-bond donors (Lipinski definition) is 1. The van der Waals surface area contributed by atoms with Gasteiger partial charge in [-0.1, -0.05) is 6.07 Å². The highest BCUT2D eigenvalue weighted by Gasteiger charge is 2.27. The predicted octanol–water partition coefficient (Wildman–Crippen LogP) is 2.35. The maximum Gasteiger partial charge on any atom is 0.281 e.